The number of anilines is 1. The third-order valence-electron chi connectivity index (χ3n) is 2.65. The molecule has 106 valence electrons. The van der Waals surface area contributed by atoms with Crippen molar-refractivity contribution in [2.45, 2.75) is 6.92 Å². The Hall–Kier alpha value is -1.25. The molecular formula is C11H16BrN3O4. The normalized spacial score (nSPS) is 10.5. The summed E-state index contributed by atoms with van der Waals surface area (Å²) in [5.74, 6) is 0.564. The average molecular weight is 334 g/mol. The Morgan fingerprint density at radius 1 is 1.58 bits per heavy atom. The predicted octanol–water partition coefficient (Wildman–Crippen LogP) is 1.51. The zero-order valence-electron chi connectivity index (χ0n) is 10.8. The van der Waals surface area contributed by atoms with E-state index >= 15 is 0 Å². The number of hydrogen-bond donors (Lipinski definition) is 1. The number of hydrogen-bond acceptors (Lipinski definition) is 6. The van der Waals surface area contributed by atoms with E-state index in [9.17, 15) is 10.1 Å². The van der Waals surface area contributed by atoms with E-state index in [4.69, 9.17) is 9.84 Å². The van der Waals surface area contributed by atoms with E-state index in [0.29, 0.717) is 35.6 Å². The monoisotopic (exact) mass is 333 g/mol. The number of pyridine rings is 1. The van der Waals surface area contributed by atoms with Crippen molar-refractivity contribution in [1.82, 2.24) is 4.98 Å². The summed E-state index contributed by atoms with van der Waals surface area (Å²) in [6.07, 6.45) is 1.23. The number of halogens is 1. The van der Waals surface area contributed by atoms with Crippen LogP contribution in [0.2, 0.25) is 0 Å². The van der Waals surface area contributed by atoms with Gasteiger partial charge >= 0.3 is 0 Å². The highest BCUT2D eigenvalue weighted by Crippen LogP contribution is 2.32. The van der Waals surface area contributed by atoms with Crippen LogP contribution in [-0.4, -0.2) is 48.4 Å². The van der Waals surface area contributed by atoms with E-state index in [1.165, 1.54) is 6.20 Å². The summed E-state index contributed by atoms with van der Waals surface area (Å²) in [5, 5.41) is 19.9. The third-order valence-corrected chi connectivity index (χ3v) is 3.60. The first kappa shape index (κ1) is 15.8. The van der Waals surface area contributed by atoms with Crippen molar-refractivity contribution in [3.63, 3.8) is 0 Å². The summed E-state index contributed by atoms with van der Waals surface area (Å²) in [7, 11) is 1.58. The van der Waals surface area contributed by atoms with Crippen LogP contribution in [-0.2, 0) is 4.74 Å². The average Bonchev–Trinajstić information content (AvgIpc) is 2.37. The van der Waals surface area contributed by atoms with Gasteiger partial charge in [0.2, 0.25) is 0 Å². The minimum Gasteiger partial charge on any atom is -0.395 e. The summed E-state index contributed by atoms with van der Waals surface area (Å²) in [6, 6.07) is 0. The van der Waals surface area contributed by atoms with E-state index in [1.54, 1.807) is 14.0 Å². The molecule has 0 radical (unpaired) electrons. The van der Waals surface area contributed by atoms with Crippen molar-refractivity contribution < 1.29 is 14.8 Å². The number of methoxy groups -OCH3 is 1. The van der Waals surface area contributed by atoms with Gasteiger partial charge in [0.1, 0.15) is 12.0 Å². The highest BCUT2D eigenvalue weighted by Gasteiger charge is 2.20. The summed E-state index contributed by atoms with van der Waals surface area (Å²) < 4.78 is 5.56. The number of aromatic nitrogens is 1. The van der Waals surface area contributed by atoms with Crippen molar-refractivity contribution in [3.05, 3.63) is 26.3 Å². The van der Waals surface area contributed by atoms with Gasteiger partial charge in [0.05, 0.1) is 22.6 Å². The topological polar surface area (TPSA) is 88.7 Å². The second kappa shape index (κ2) is 7.37. The Kier molecular flexibility index (Phi) is 6.13. The molecule has 0 amide bonds. The van der Waals surface area contributed by atoms with Crippen LogP contribution in [0.1, 0.15) is 5.56 Å². The molecule has 0 aliphatic rings. The van der Waals surface area contributed by atoms with Gasteiger partial charge in [-0.3, -0.25) is 10.1 Å². The smallest absolute Gasteiger partial charge is 0.291 e. The van der Waals surface area contributed by atoms with Crippen molar-refractivity contribution in [3.8, 4) is 0 Å². The van der Waals surface area contributed by atoms with Crippen LogP contribution in [0.4, 0.5) is 11.5 Å². The molecule has 8 heteroatoms. The van der Waals surface area contributed by atoms with Gasteiger partial charge in [-0.1, -0.05) is 0 Å². The van der Waals surface area contributed by atoms with Gasteiger partial charge in [-0.2, -0.15) is 0 Å². The van der Waals surface area contributed by atoms with Crippen molar-refractivity contribution >= 4 is 27.4 Å². The summed E-state index contributed by atoms with van der Waals surface area (Å²) >= 11 is 3.33. The Morgan fingerprint density at radius 2 is 2.26 bits per heavy atom. The minimum absolute atomic E-state index is 0.0339. The van der Waals surface area contributed by atoms with E-state index in [0.717, 1.165) is 0 Å². The quantitative estimate of drug-likeness (QED) is 0.601. The van der Waals surface area contributed by atoms with Gasteiger partial charge < -0.3 is 14.7 Å². The summed E-state index contributed by atoms with van der Waals surface area (Å²) in [6.45, 7) is 3.02. The van der Waals surface area contributed by atoms with Gasteiger partial charge in [0.15, 0.2) is 0 Å². The van der Waals surface area contributed by atoms with Crippen LogP contribution in [0.15, 0.2) is 10.7 Å². The van der Waals surface area contributed by atoms with Gasteiger partial charge in [-0.25, -0.2) is 4.98 Å². The van der Waals surface area contributed by atoms with Gasteiger partial charge in [0, 0.05) is 25.8 Å². The first-order valence-corrected chi connectivity index (χ1v) is 6.46. The lowest BCUT2D eigenvalue weighted by Crippen LogP contribution is -2.31. The molecule has 1 aromatic heterocycles. The number of aliphatic hydroxyl groups is 1. The highest BCUT2D eigenvalue weighted by molar-refractivity contribution is 9.10. The molecule has 1 heterocycles. The molecule has 19 heavy (non-hydrogen) atoms. The van der Waals surface area contributed by atoms with Crippen LogP contribution in [0.5, 0.6) is 0 Å². The Morgan fingerprint density at radius 3 is 2.79 bits per heavy atom. The molecule has 0 atom stereocenters. The summed E-state index contributed by atoms with van der Waals surface area (Å²) in [5.41, 5.74) is 0.474. The number of nitro groups is 1. The van der Waals surface area contributed by atoms with Crippen LogP contribution < -0.4 is 4.90 Å². The molecule has 1 aromatic rings. The lowest BCUT2D eigenvalue weighted by Gasteiger charge is -2.23. The maximum absolute atomic E-state index is 10.8. The van der Waals surface area contributed by atoms with Crippen LogP contribution >= 0.6 is 15.9 Å². The fraction of sp³-hybridized carbons (Fsp3) is 0.545. The molecule has 0 aliphatic heterocycles. The second-order valence-electron chi connectivity index (χ2n) is 3.87. The molecule has 0 aromatic carbocycles. The van der Waals surface area contributed by atoms with E-state index in [2.05, 4.69) is 20.9 Å². The van der Waals surface area contributed by atoms with Crippen LogP contribution in [0.25, 0.3) is 0 Å². The fourth-order valence-electron chi connectivity index (χ4n) is 1.61. The molecule has 0 fully saturated rings. The zero-order chi connectivity index (χ0) is 14.4. The van der Waals surface area contributed by atoms with Gasteiger partial charge in [0.25, 0.3) is 5.69 Å². The lowest BCUT2D eigenvalue weighted by molar-refractivity contribution is -0.385. The molecule has 1 rings (SSSR count). The fourth-order valence-corrected chi connectivity index (χ4v) is 2.16. The van der Waals surface area contributed by atoms with Crippen molar-refractivity contribution in [1.29, 1.82) is 0 Å². The molecule has 0 saturated heterocycles. The first-order valence-electron chi connectivity index (χ1n) is 5.67. The van der Waals surface area contributed by atoms with Crippen molar-refractivity contribution in [2.75, 3.05) is 38.3 Å². The lowest BCUT2D eigenvalue weighted by atomic mass is 10.2. The largest absolute Gasteiger partial charge is 0.395 e. The second-order valence-corrected chi connectivity index (χ2v) is 4.66. The first-order chi connectivity index (χ1) is 9.02. The molecular weight excluding hydrogens is 318 g/mol. The number of nitrogens with zero attached hydrogens (tertiary/aromatic N) is 3. The molecule has 7 nitrogen and oxygen atoms in total. The number of rotatable bonds is 7. The maximum Gasteiger partial charge on any atom is 0.291 e. The molecule has 0 bridgehead atoms. The minimum atomic E-state index is -0.470. The number of aliphatic hydroxyl groups excluding tert-OH is 1. The Bertz CT molecular complexity index is 456. The predicted molar refractivity (Wildman–Crippen MR) is 74.5 cm³/mol. The molecule has 0 saturated carbocycles. The molecule has 0 spiro atoms. The van der Waals surface area contributed by atoms with Crippen molar-refractivity contribution in [2.24, 2.45) is 0 Å². The highest BCUT2D eigenvalue weighted by atomic mass is 79.9. The third kappa shape index (κ3) is 3.85. The van der Waals surface area contributed by atoms with Crippen LogP contribution in [0.3, 0.4) is 0 Å². The summed E-state index contributed by atoms with van der Waals surface area (Å²) in [4.78, 5) is 16.3. The van der Waals surface area contributed by atoms with Gasteiger partial charge in [-0.05, 0) is 22.9 Å². The Balaban J connectivity index is 3.10. The SMILES string of the molecule is COCCN(CCO)c1ncc([N+](=O)[O-])c(C)c1Br. The molecule has 0 aliphatic carbocycles. The van der Waals surface area contributed by atoms with Crippen LogP contribution in [0, 0.1) is 17.0 Å². The zero-order valence-corrected chi connectivity index (χ0v) is 12.4. The van der Waals surface area contributed by atoms with E-state index in [-0.39, 0.29) is 12.3 Å². The van der Waals surface area contributed by atoms with Gasteiger partial charge in [-0.15, -0.1) is 0 Å². The van der Waals surface area contributed by atoms with E-state index in [1.807, 2.05) is 4.90 Å². The van der Waals surface area contributed by atoms with E-state index < -0.39 is 4.92 Å². The standard InChI is InChI=1S/C11H16BrN3O4/c1-8-9(15(17)18)7-13-11(10(8)12)14(3-5-16)4-6-19-2/h7,16H,3-6H2,1-2H3. The molecule has 0 unspecified atom stereocenters. The molecule has 1 N–H and O–H groups in total. The maximum atomic E-state index is 10.8. The Labute approximate surface area is 119 Å². The number of ether oxygens (including phenoxy) is 1.